The molecule has 0 N–H and O–H groups in total. The first-order valence-corrected chi connectivity index (χ1v) is 10.8. The normalized spacial score (nSPS) is 14.5. The second-order valence-corrected chi connectivity index (χ2v) is 7.46. The molecule has 4 nitrogen and oxygen atoms in total. The van der Waals surface area contributed by atoms with Gasteiger partial charge in [0.25, 0.3) is 0 Å². The second kappa shape index (κ2) is 16.1. The Morgan fingerprint density at radius 1 is 0.731 bits per heavy atom. The molecule has 0 aromatic heterocycles. The summed E-state index contributed by atoms with van der Waals surface area (Å²) in [6.45, 7) is 11.5. The molecule has 0 rings (SSSR count). The molecule has 0 spiro atoms. The molecule has 0 amide bonds. The van der Waals surface area contributed by atoms with Crippen LogP contribution in [0.4, 0.5) is 0 Å². The number of carbonyl (C=O) groups is 2. The van der Waals surface area contributed by atoms with Gasteiger partial charge in [-0.15, -0.1) is 0 Å². The first-order valence-electron chi connectivity index (χ1n) is 10.8. The predicted molar refractivity (Wildman–Crippen MR) is 107 cm³/mol. The average molecular weight is 371 g/mol. The SMILES string of the molecule is CCCCC(CC)COC(=O)CC(CC)C(=O)OCC(CC)CCCC. The lowest BCUT2D eigenvalue weighted by Crippen LogP contribution is -2.24. The van der Waals surface area contributed by atoms with E-state index < -0.39 is 0 Å². The molecule has 0 fully saturated rings. The first kappa shape index (κ1) is 24.9. The monoisotopic (exact) mass is 370 g/mol. The molecule has 4 heteroatoms. The van der Waals surface area contributed by atoms with Gasteiger partial charge in [-0.05, 0) is 31.1 Å². The summed E-state index contributed by atoms with van der Waals surface area (Å²) in [6, 6.07) is 0. The topological polar surface area (TPSA) is 52.6 Å². The lowest BCUT2D eigenvalue weighted by Gasteiger charge is -2.19. The quantitative estimate of drug-likeness (QED) is 0.316. The molecule has 0 bridgehead atoms. The van der Waals surface area contributed by atoms with Gasteiger partial charge in [-0.1, -0.05) is 73.1 Å². The van der Waals surface area contributed by atoms with Crippen LogP contribution in [0.5, 0.6) is 0 Å². The van der Waals surface area contributed by atoms with Gasteiger partial charge in [0.1, 0.15) is 0 Å². The molecule has 3 atom stereocenters. The molecule has 0 saturated heterocycles. The van der Waals surface area contributed by atoms with Gasteiger partial charge in [-0.3, -0.25) is 9.59 Å². The minimum Gasteiger partial charge on any atom is -0.465 e. The Hall–Kier alpha value is -1.06. The van der Waals surface area contributed by atoms with Gasteiger partial charge >= 0.3 is 11.9 Å². The summed E-state index contributed by atoms with van der Waals surface area (Å²) in [5.41, 5.74) is 0. The van der Waals surface area contributed by atoms with Crippen LogP contribution in [-0.4, -0.2) is 25.2 Å². The van der Waals surface area contributed by atoms with Crippen molar-refractivity contribution in [2.24, 2.45) is 17.8 Å². The van der Waals surface area contributed by atoms with Crippen molar-refractivity contribution < 1.29 is 19.1 Å². The van der Waals surface area contributed by atoms with Crippen molar-refractivity contribution in [2.45, 2.75) is 98.8 Å². The Bertz CT molecular complexity index is 367. The number of ether oxygens (including phenoxy) is 2. The Morgan fingerprint density at radius 2 is 1.23 bits per heavy atom. The van der Waals surface area contributed by atoms with E-state index in [-0.39, 0.29) is 24.3 Å². The van der Waals surface area contributed by atoms with E-state index in [4.69, 9.17) is 9.47 Å². The summed E-state index contributed by atoms with van der Waals surface area (Å²) in [5.74, 6) is -0.0665. The minimum absolute atomic E-state index is 0.130. The minimum atomic E-state index is -0.387. The van der Waals surface area contributed by atoms with Gasteiger partial charge in [0.15, 0.2) is 0 Å². The molecular weight excluding hydrogens is 328 g/mol. The Morgan fingerprint density at radius 3 is 1.65 bits per heavy atom. The van der Waals surface area contributed by atoms with Crippen LogP contribution >= 0.6 is 0 Å². The third kappa shape index (κ3) is 11.5. The van der Waals surface area contributed by atoms with Gasteiger partial charge in [-0.2, -0.15) is 0 Å². The zero-order chi connectivity index (χ0) is 19.8. The summed E-state index contributed by atoms with van der Waals surface area (Å²) < 4.78 is 10.9. The van der Waals surface area contributed by atoms with E-state index in [9.17, 15) is 9.59 Å². The maximum atomic E-state index is 12.3. The van der Waals surface area contributed by atoms with Crippen molar-refractivity contribution in [1.82, 2.24) is 0 Å². The maximum absolute atomic E-state index is 12.3. The molecule has 26 heavy (non-hydrogen) atoms. The molecule has 0 aromatic rings. The van der Waals surface area contributed by atoms with Crippen LogP contribution in [0, 0.1) is 17.8 Å². The van der Waals surface area contributed by atoms with Gasteiger partial charge in [0.05, 0.1) is 25.6 Å². The molecule has 0 aromatic carbocycles. The van der Waals surface area contributed by atoms with Gasteiger partial charge in [0, 0.05) is 0 Å². The van der Waals surface area contributed by atoms with Gasteiger partial charge in [-0.25, -0.2) is 0 Å². The number of hydrogen-bond acceptors (Lipinski definition) is 4. The lowest BCUT2D eigenvalue weighted by atomic mass is 9.99. The fourth-order valence-electron chi connectivity index (χ4n) is 2.98. The molecule has 0 radical (unpaired) electrons. The summed E-state index contributed by atoms with van der Waals surface area (Å²) >= 11 is 0. The van der Waals surface area contributed by atoms with E-state index in [1.807, 2.05) is 6.92 Å². The summed E-state index contributed by atoms with van der Waals surface area (Å²) in [7, 11) is 0. The molecule has 0 aliphatic carbocycles. The first-order chi connectivity index (χ1) is 12.5. The van der Waals surface area contributed by atoms with Crippen molar-refractivity contribution in [3.05, 3.63) is 0 Å². The van der Waals surface area contributed by atoms with Crippen molar-refractivity contribution >= 4 is 11.9 Å². The summed E-state index contributed by atoms with van der Waals surface area (Å²) in [5, 5.41) is 0. The Labute approximate surface area is 161 Å². The highest BCUT2D eigenvalue weighted by Gasteiger charge is 2.24. The van der Waals surface area contributed by atoms with Crippen molar-refractivity contribution in [3.63, 3.8) is 0 Å². The fraction of sp³-hybridized carbons (Fsp3) is 0.909. The third-order valence-electron chi connectivity index (χ3n) is 5.27. The van der Waals surface area contributed by atoms with Crippen LogP contribution in [-0.2, 0) is 19.1 Å². The Balaban J connectivity index is 4.28. The largest absolute Gasteiger partial charge is 0.465 e. The fourth-order valence-corrected chi connectivity index (χ4v) is 2.98. The Kier molecular flexibility index (Phi) is 15.5. The van der Waals surface area contributed by atoms with E-state index in [0.717, 1.165) is 51.4 Å². The van der Waals surface area contributed by atoms with Crippen molar-refractivity contribution in [3.8, 4) is 0 Å². The molecule has 0 aliphatic rings. The van der Waals surface area contributed by atoms with E-state index in [1.165, 1.54) is 0 Å². The number of hydrogen-bond donors (Lipinski definition) is 0. The third-order valence-corrected chi connectivity index (χ3v) is 5.27. The van der Waals surface area contributed by atoms with Crippen LogP contribution in [0.15, 0.2) is 0 Å². The molecule has 0 heterocycles. The number of esters is 2. The van der Waals surface area contributed by atoms with Gasteiger partial charge < -0.3 is 9.47 Å². The maximum Gasteiger partial charge on any atom is 0.309 e. The number of carbonyl (C=O) groups excluding carboxylic acids is 2. The molecule has 3 unspecified atom stereocenters. The highest BCUT2D eigenvalue weighted by molar-refractivity contribution is 5.79. The second-order valence-electron chi connectivity index (χ2n) is 7.46. The zero-order valence-corrected chi connectivity index (χ0v) is 17.9. The van der Waals surface area contributed by atoms with E-state index in [0.29, 0.717) is 31.5 Å². The molecular formula is C22H42O4. The number of rotatable bonds is 16. The van der Waals surface area contributed by atoms with Crippen LogP contribution in [0.2, 0.25) is 0 Å². The lowest BCUT2D eigenvalue weighted by molar-refractivity contribution is -0.157. The van der Waals surface area contributed by atoms with Crippen LogP contribution < -0.4 is 0 Å². The van der Waals surface area contributed by atoms with Crippen LogP contribution in [0.25, 0.3) is 0 Å². The van der Waals surface area contributed by atoms with E-state index >= 15 is 0 Å². The van der Waals surface area contributed by atoms with Crippen molar-refractivity contribution in [1.29, 1.82) is 0 Å². The average Bonchev–Trinajstić information content (AvgIpc) is 2.66. The summed E-state index contributed by atoms with van der Waals surface area (Å²) in [6.07, 6.45) is 9.59. The standard InChI is InChI=1S/C22H42O4/c1-6-11-13-18(8-3)16-25-21(23)15-20(10-5)22(24)26-17-19(9-4)14-12-7-2/h18-20H,6-17H2,1-5H3. The number of unbranched alkanes of at least 4 members (excludes halogenated alkanes) is 2. The molecule has 0 saturated carbocycles. The highest BCUT2D eigenvalue weighted by atomic mass is 16.5. The predicted octanol–water partition coefficient (Wildman–Crippen LogP) is 5.92. The van der Waals surface area contributed by atoms with Crippen LogP contribution in [0.1, 0.15) is 98.8 Å². The molecule has 0 aliphatic heterocycles. The summed E-state index contributed by atoms with van der Waals surface area (Å²) in [4.78, 5) is 24.4. The van der Waals surface area contributed by atoms with E-state index in [2.05, 4.69) is 27.7 Å². The van der Waals surface area contributed by atoms with Crippen molar-refractivity contribution in [2.75, 3.05) is 13.2 Å². The highest BCUT2D eigenvalue weighted by Crippen LogP contribution is 2.18. The van der Waals surface area contributed by atoms with E-state index in [1.54, 1.807) is 0 Å². The van der Waals surface area contributed by atoms with Crippen LogP contribution in [0.3, 0.4) is 0 Å². The molecule has 154 valence electrons. The van der Waals surface area contributed by atoms with Gasteiger partial charge in [0.2, 0.25) is 0 Å². The zero-order valence-electron chi connectivity index (χ0n) is 17.9. The smallest absolute Gasteiger partial charge is 0.309 e.